The van der Waals surface area contributed by atoms with Crippen LogP contribution < -0.4 is 5.30 Å². The lowest BCUT2D eigenvalue weighted by molar-refractivity contribution is 0.0198. The Morgan fingerprint density at radius 1 is 1.29 bits per heavy atom. The number of fused-ring (bicyclic) bond motifs is 1. The SMILES string of the molecule is C=C(C)[C@H]1CC[C@@](C)(O)[C@H](S[PH](=S)c2cccc3ccccc23)C1. The lowest BCUT2D eigenvalue weighted by Crippen LogP contribution is -2.42. The number of benzene rings is 2. The Morgan fingerprint density at radius 2 is 2.00 bits per heavy atom. The van der Waals surface area contributed by atoms with E-state index < -0.39 is 11.5 Å². The van der Waals surface area contributed by atoms with E-state index in [1.165, 1.54) is 21.7 Å². The summed E-state index contributed by atoms with van der Waals surface area (Å²) in [5.41, 5.74) is 0.607. The van der Waals surface area contributed by atoms with Gasteiger partial charge in [0.1, 0.15) is 0 Å². The fourth-order valence-corrected chi connectivity index (χ4v) is 9.56. The summed E-state index contributed by atoms with van der Waals surface area (Å²) in [4.78, 5) is 0. The lowest BCUT2D eigenvalue weighted by Gasteiger charge is -2.41. The van der Waals surface area contributed by atoms with Crippen LogP contribution in [0.4, 0.5) is 0 Å². The van der Waals surface area contributed by atoms with Gasteiger partial charge in [-0.1, -0.05) is 66.4 Å². The summed E-state index contributed by atoms with van der Waals surface area (Å²) in [6, 6.07) is 14.9. The molecule has 0 bridgehead atoms. The minimum absolute atomic E-state index is 0.193. The van der Waals surface area contributed by atoms with Gasteiger partial charge in [0.15, 0.2) is 0 Å². The normalized spacial score (nSPS) is 28.6. The minimum atomic E-state index is -1.20. The van der Waals surface area contributed by atoms with E-state index in [4.69, 9.17) is 11.8 Å². The van der Waals surface area contributed by atoms with Gasteiger partial charge in [0.25, 0.3) is 0 Å². The highest BCUT2D eigenvalue weighted by atomic mass is 32.9. The molecule has 1 nitrogen and oxygen atoms in total. The van der Waals surface area contributed by atoms with Crippen molar-refractivity contribution in [2.24, 2.45) is 5.92 Å². The van der Waals surface area contributed by atoms with E-state index in [9.17, 15) is 5.11 Å². The predicted molar refractivity (Wildman–Crippen MR) is 113 cm³/mol. The van der Waals surface area contributed by atoms with Crippen molar-refractivity contribution in [3.8, 4) is 0 Å². The zero-order valence-electron chi connectivity index (χ0n) is 14.3. The molecule has 4 atom stereocenters. The van der Waals surface area contributed by atoms with Crippen molar-refractivity contribution in [3.63, 3.8) is 0 Å². The second-order valence-electron chi connectivity index (χ2n) is 7.10. The minimum Gasteiger partial charge on any atom is -0.389 e. The molecule has 0 aliphatic heterocycles. The van der Waals surface area contributed by atoms with Gasteiger partial charge >= 0.3 is 0 Å². The van der Waals surface area contributed by atoms with E-state index in [-0.39, 0.29) is 5.25 Å². The Labute approximate surface area is 154 Å². The van der Waals surface area contributed by atoms with Crippen molar-refractivity contribution in [1.82, 2.24) is 0 Å². The van der Waals surface area contributed by atoms with Gasteiger partial charge in [0, 0.05) is 16.5 Å². The first-order chi connectivity index (χ1) is 11.4. The van der Waals surface area contributed by atoms with Crippen molar-refractivity contribution in [3.05, 3.63) is 54.6 Å². The van der Waals surface area contributed by atoms with E-state index in [2.05, 4.69) is 56.0 Å². The number of hydrogen-bond acceptors (Lipinski definition) is 3. The van der Waals surface area contributed by atoms with Gasteiger partial charge in [0.2, 0.25) is 0 Å². The summed E-state index contributed by atoms with van der Waals surface area (Å²) in [5.74, 6) is -0.686. The number of rotatable bonds is 4. The number of aliphatic hydroxyl groups is 1. The maximum absolute atomic E-state index is 10.9. The summed E-state index contributed by atoms with van der Waals surface area (Å²) in [5, 5.41) is 14.9. The Kier molecular flexibility index (Phi) is 5.56. The quantitative estimate of drug-likeness (QED) is 0.579. The van der Waals surface area contributed by atoms with Crippen molar-refractivity contribution < 1.29 is 5.11 Å². The third-order valence-electron chi connectivity index (χ3n) is 5.15. The van der Waals surface area contributed by atoms with Gasteiger partial charge in [0.05, 0.1) is 5.60 Å². The van der Waals surface area contributed by atoms with Gasteiger partial charge in [-0.05, 0) is 49.8 Å². The molecule has 1 fully saturated rings. The lowest BCUT2D eigenvalue weighted by atomic mass is 9.77. The monoisotopic (exact) mass is 376 g/mol. The van der Waals surface area contributed by atoms with Crippen LogP contribution in [0.25, 0.3) is 10.8 Å². The Morgan fingerprint density at radius 3 is 2.75 bits per heavy atom. The van der Waals surface area contributed by atoms with Gasteiger partial charge in [-0.15, -0.1) is 11.4 Å². The molecular formula is C20H25OPS2. The highest BCUT2D eigenvalue weighted by Gasteiger charge is 2.39. The molecule has 3 rings (SSSR count). The molecule has 0 spiro atoms. The van der Waals surface area contributed by atoms with E-state index >= 15 is 0 Å². The van der Waals surface area contributed by atoms with Gasteiger partial charge < -0.3 is 5.11 Å². The van der Waals surface area contributed by atoms with Crippen molar-refractivity contribution in [2.45, 2.75) is 44.0 Å². The molecule has 128 valence electrons. The molecule has 4 heteroatoms. The number of allylic oxidation sites excluding steroid dienone is 1. The van der Waals surface area contributed by atoms with E-state index in [1.807, 2.05) is 18.3 Å². The van der Waals surface area contributed by atoms with E-state index in [0.717, 1.165) is 19.3 Å². The smallest absolute Gasteiger partial charge is 0.0741 e. The third-order valence-corrected chi connectivity index (χ3v) is 10.9. The molecule has 1 unspecified atom stereocenters. The molecule has 1 saturated carbocycles. The van der Waals surface area contributed by atoms with Gasteiger partial charge in [-0.3, -0.25) is 0 Å². The van der Waals surface area contributed by atoms with E-state index in [1.54, 1.807) is 0 Å². The Balaban J connectivity index is 1.86. The molecule has 2 aromatic rings. The van der Waals surface area contributed by atoms with Crippen molar-refractivity contribution in [1.29, 1.82) is 0 Å². The molecule has 2 aromatic carbocycles. The fourth-order valence-electron chi connectivity index (χ4n) is 3.48. The summed E-state index contributed by atoms with van der Waals surface area (Å²) < 4.78 is 0. The van der Waals surface area contributed by atoms with Crippen molar-refractivity contribution in [2.75, 3.05) is 0 Å². The van der Waals surface area contributed by atoms with E-state index in [0.29, 0.717) is 5.92 Å². The molecular weight excluding hydrogens is 351 g/mol. The summed E-state index contributed by atoms with van der Waals surface area (Å²) in [6.45, 7) is 8.22. The van der Waals surface area contributed by atoms with Crippen LogP contribution in [0.15, 0.2) is 54.6 Å². The van der Waals surface area contributed by atoms with Crippen LogP contribution in [0.2, 0.25) is 0 Å². The highest BCUT2D eigenvalue weighted by molar-refractivity contribution is 8.66. The highest BCUT2D eigenvalue weighted by Crippen LogP contribution is 2.51. The predicted octanol–water partition coefficient (Wildman–Crippen LogP) is 5.29. The second-order valence-corrected chi connectivity index (χ2v) is 12.9. The van der Waals surface area contributed by atoms with Crippen LogP contribution in [-0.4, -0.2) is 16.0 Å². The molecule has 0 aromatic heterocycles. The zero-order chi connectivity index (χ0) is 17.3. The Bertz CT molecular complexity index is 779. The van der Waals surface area contributed by atoms with Crippen LogP contribution in [0.3, 0.4) is 0 Å². The topological polar surface area (TPSA) is 20.2 Å². The van der Waals surface area contributed by atoms with Crippen LogP contribution >= 0.6 is 17.3 Å². The average Bonchev–Trinajstić information content (AvgIpc) is 2.55. The molecule has 0 radical (unpaired) electrons. The molecule has 0 amide bonds. The zero-order valence-corrected chi connectivity index (χ0v) is 16.9. The molecule has 24 heavy (non-hydrogen) atoms. The van der Waals surface area contributed by atoms with Crippen LogP contribution in [-0.2, 0) is 11.8 Å². The first kappa shape index (κ1) is 18.2. The molecule has 1 aliphatic rings. The second kappa shape index (κ2) is 7.33. The average molecular weight is 377 g/mol. The first-order valence-electron chi connectivity index (χ1n) is 8.45. The molecule has 1 N–H and O–H groups in total. The molecule has 0 heterocycles. The summed E-state index contributed by atoms with van der Waals surface area (Å²) in [7, 11) is 0. The summed E-state index contributed by atoms with van der Waals surface area (Å²) >= 11 is 7.79. The largest absolute Gasteiger partial charge is 0.389 e. The molecule has 0 saturated heterocycles. The van der Waals surface area contributed by atoms with Gasteiger partial charge in [-0.2, -0.15) is 0 Å². The third kappa shape index (κ3) is 3.80. The van der Waals surface area contributed by atoms with Crippen LogP contribution in [0.5, 0.6) is 0 Å². The van der Waals surface area contributed by atoms with Crippen LogP contribution in [0.1, 0.15) is 33.1 Å². The maximum atomic E-state index is 10.9. The van der Waals surface area contributed by atoms with Crippen molar-refractivity contribution >= 4 is 45.2 Å². The number of hydrogen-bond donors (Lipinski definition) is 1. The summed E-state index contributed by atoms with van der Waals surface area (Å²) in [6.07, 6.45) is 2.86. The first-order valence-corrected chi connectivity index (χ1v) is 12.7. The fraction of sp³-hybridized carbons (Fsp3) is 0.400. The maximum Gasteiger partial charge on any atom is 0.0741 e. The standard InChI is InChI=1S/C20H25OPS2/c1-14(2)16-11-12-20(3,21)19(13-16)24-22(23)18-10-6-8-15-7-4-5-9-17(15)18/h4-10,16,19,21-22H,1,11-13H2,2-3H3/t16-,19+,20+/m0/s1. The Hall–Kier alpha value is -0.600. The van der Waals surface area contributed by atoms with Crippen LogP contribution in [0, 0.1) is 5.92 Å². The molecule has 1 aliphatic carbocycles. The van der Waals surface area contributed by atoms with Gasteiger partial charge in [-0.25, -0.2) is 0 Å².